The normalized spacial score (nSPS) is 10.1. The molecule has 6 nitrogen and oxygen atoms in total. The first-order valence-electron chi connectivity index (χ1n) is 5.51. The van der Waals surface area contributed by atoms with Crippen LogP contribution < -0.4 is 15.2 Å². The van der Waals surface area contributed by atoms with E-state index in [9.17, 15) is 0 Å². The molecule has 0 aliphatic heterocycles. The Balaban J connectivity index is 2.33. The zero-order valence-electron chi connectivity index (χ0n) is 10.3. The smallest absolute Gasteiger partial charge is 0.321 e. The number of anilines is 1. The minimum Gasteiger partial charge on any atom is -0.494 e. The van der Waals surface area contributed by atoms with Crippen LogP contribution in [0, 0.1) is 0 Å². The summed E-state index contributed by atoms with van der Waals surface area (Å²) in [7, 11) is 1.48. The molecule has 0 saturated carbocycles. The average molecular weight is 246 g/mol. The Kier molecular flexibility index (Phi) is 3.57. The molecule has 0 amide bonds. The van der Waals surface area contributed by atoms with Crippen molar-refractivity contribution in [3.63, 3.8) is 0 Å². The van der Waals surface area contributed by atoms with Crippen LogP contribution in [0.3, 0.4) is 0 Å². The molecule has 0 atom stereocenters. The van der Waals surface area contributed by atoms with Gasteiger partial charge in [-0.1, -0.05) is 0 Å². The maximum absolute atomic E-state index is 5.58. The largest absolute Gasteiger partial charge is 0.494 e. The third-order valence-electron chi connectivity index (χ3n) is 2.24. The van der Waals surface area contributed by atoms with Crippen LogP contribution in [-0.2, 0) is 0 Å². The van der Waals surface area contributed by atoms with Gasteiger partial charge in [-0.05, 0) is 31.2 Å². The fraction of sp³-hybridized carbons (Fsp3) is 0.250. The van der Waals surface area contributed by atoms with Gasteiger partial charge in [-0.2, -0.15) is 15.0 Å². The van der Waals surface area contributed by atoms with Crippen LogP contribution in [0.5, 0.6) is 11.8 Å². The van der Waals surface area contributed by atoms with Gasteiger partial charge in [-0.15, -0.1) is 0 Å². The van der Waals surface area contributed by atoms with Crippen molar-refractivity contribution in [2.45, 2.75) is 6.92 Å². The van der Waals surface area contributed by atoms with E-state index < -0.39 is 0 Å². The molecule has 1 aromatic carbocycles. The van der Waals surface area contributed by atoms with Crippen molar-refractivity contribution in [1.29, 1.82) is 0 Å². The molecule has 0 unspecified atom stereocenters. The first-order valence-corrected chi connectivity index (χ1v) is 5.51. The van der Waals surface area contributed by atoms with Gasteiger partial charge in [0.2, 0.25) is 5.95 Å². The number of benzene rings is 1. The lowest BCUT2D eigenvalue weighted by molar-refractivity contribution is 0.340. The molecule has 1 aromatic heterocycles. The van der Waals surface area contributed by atoms with E-state index >= 15 is 0 Å². The number of nitrogen functional groups attached to an aromatic ring is 1. The molecule has 94 valence electrons. The van der Waals surface area contributed by atoms with Crippen LogP contribution in [0.25, 0.3) is 11.4 Å². The summed E-state index contributed by atoms with van der Waals surface area (Å²) in [6.45, 7) is 2.57. The van der Waals surface area contributed by atoms with Crippen LogP contribution in [0.1, 0.15) is 6.92 Å². The molecule has 2 aromatic rings. The minimum absolute atomic E-state index is 0.130. The molecule has 0 fully saturated rings. The molecule has 1 heterocycles. The minimum atomic E-state index is 0.130. The number of aromatic nitrogens is 3. The summed E-state index contributed by atoms with van der Waals surface area (Å²) in [4.78, 5) is 12.0. The number of rotatable bonds is 4. The van der Waals surface area contributed by atoms with Gasteiger partial charge in [0.1, 0.15) is 5.75 Å². The van der Waals surface area contributed by atoms with Crippen LogP contribution in [0.2, 0.25) is 0 Å². The molecule has 18 heavy (non-hydrogen) atoms. The lowest BCUT2D eigenvalue weighted by atomic mass is 10.2. The summed E-state index contributed by atoms with van der Waals surface area (Å²) in [5.41, 5.74) is 6.41. The van der Waals surface area contributed by atoms with Gasteiger partial charge in [0, 0.05) is 5.56 Å². The van der Waals surface area contributed by atoms with Crippen LogP contribution in [0.4, 0.5) is 5.95 Å². The maximum atomic E-state index is 5.58. The zero-order valence-corrected chi connectivity index (χ0v) is 10.3. The highest BCUT2D eigenvalue weighted by Gasteiger charge is 2.07. The predicted molar refractivity (Wildman–Crippen MR) is 67.4 cm³/mol. The molecule has 2 rings (SSSR count). The monoisotopic (exact) mass is 246 g/mol. The van der Waals surface area contributed by atoms with Crippen molar-refractivity contribution < 1.29 is 9.47 Å². The highest BCUT2D eigenvalue weighted by molar-refractivity contribution is 5.57. The Morgan fingerprint density at radius 2 is 1.83 bits per heavy atom. The number of nitrogens with zero attached hydrogens (tertiary/aromatic N) is 3. The van der Waals surface area contributed by atoms with E-state index in [2.05, 4.69) is 15.0 Å². The second-order valence-electron chi connectivity index (χ2n) is 3.46. The molecule has 0 saturated heterocycles. The van der Waals surface area contributed by atoms with Gasteiger partial charge in [-0.25, -0.2) is 0 Å². The van der Waals surface area contributed by atoms with Crippen molar-refractivity contribution in [1.82, 2.24) is 15.0 Å². The third kappa shape index (κ3) is 2.65. The summed E-state index contributed by atoms with van der Waals surface area (Å²) in [6.07, 6.45) is 0. The summed E-state index contributed by atoms with van der Waals surface area (Å²) in [6, 6.07) is 7.63. The van der Waals surface area contributed by atoms with E-state index in [-0.39, 0.29) is 12.0 Å². The molecule has 6 heteroatoms. The molecular weight excluding hydrogens is 232 g/mol. The van der Waals surface area contributed by atoms with Crippen LogP contribution in [-0.4, -0.2) is 28.7 Å². The van der Waals surface area contributed by atoms with Crippen molar-refractivity contribution in [2.24, 2.45) is 0 Å². The van der Waals surface area contributed by atoms with Gasteiger partial charge in [0.25, 0.3) is 0 Å². The molecule has 0 radical (unpaired) electrons. The Morgan fingerprint density at radius 3 is 2.44 bits per heavy atom. The highest BCUT2D eigenvalue weighted by Crippen LogP contribution is 2.21. The van der Waals surface area contributed by atoms with Gasteiger partial charge < -0.3 is 15.2 Å². The Morgan fingerprint density at radius 1 is 1.11 bits per heavy atom. The lowest BCUT2D eigenvalue weighted by Crippen LogP contribution is -2.02. The van der Waals surface area contributed by atoms with Crippen molar-refractivity contribution in [3.8, 4) is 23.1 Å². The predicted octanol–water partition coefficient (Wildman–Crippen LogP) is 1.53. The summed E-state index contributed by atoms with van der Waals surface area (Å²) in [5.74, 6) is 1.41. The van der Waals surface area contributed by atoms with E-state index in [1.165, 1.54) is 7.11 Å². The SMILES string of the molecule is CCOc1ccc(-c2nc(N)nc(OC)n2)cc1. The van der Waals surface area contributed by atoms with Crippen molar-refractivity contribution in [2.75, 3.05) is 19.5 Å². The van der Waals surface area contributed by atoms with E-state index in [0.717, 1.165) is 11.3 Å². The van der Waals surface area contributed by atoms with Crippen LogP contribution >= 0.6 is 0 Å². The number of nitrogens with two attached hydrogens (primary N) is 1. The molecule has 0 spiro atoms. The average Bonchev–Trinajstić information content (AvgIpc) is 2.39. The summed E-state index contributed by atoms with van der Waals surface area (Å²) >= 11 is 0. The standard InChI is InChI=1S/C12H14N4O2/c1-3-18-9-6-4-8(5-7-9)10-14-11(13)16-12(15-10)17-2/h4-7H,3H2,1-2H3,(H2,13,14,15,16). The van der Waals surface area contributed by atoms with Crippen LogP contribution in [0.15, 0.2) is 24.3 Å². The van der Waals surface area contributed by atoms with Gasteiger partial charge in [-0.3, -0.25) is 0 Å². The molecule has 0 aliphatic rings. The quantitative estimate of drug-likeness (QED) is 0.880. The van der Waals surface area contributed by atoms with Gasteiger partial charge in [0.05, 0.1) is 13.7 Å². The molecular formula is C12H14N4O2. The maximum Gasteiger partial charge on any atom is 0.321 e. The van der Waals surface area contributed by atoms with E-state index in [1.807, 2.05) is 31.2 Å². The second kappa shape index (κ2) is 5.31. The lowest BCUT2D eigenvalue weighted by Gasteiger charge is -2.05. The molecule has 2 N–H and O–H groups in total. The number of hydrogen-bond donors (Lipinski definition) is 1. The first kappa shape index (κ1) is 12.1. The molecule has 0 bridgehead atoms. The van der Waals surface area contributed by atoms with Gasteiger partial charge in [0.15, 0.2) is 5.82 Å². The third-order valence-corrected chi connectivity index (χ3v) is 2.24. The Hall–Kier alpha value is -2.37. The highest BCUT2D eigenvalue weighted by atomic mass is 16.5. The van der Waals surface area contributed by atoms with Crippen molar-refractivity contribution in [3.05, 3.63) is 24.3 Å². The van der Waals surface area contributed by atoms with Gasteiger partial charge >= 0.3 is 6.01 Å². The van der Waals surface area contributed by atoms with Crippen molar-refractivity contribution >= 4 is 5.95 Å². The second-order valence-corrected chi connectivity index (χ2v) is 3.46. The summed E-state index contributed by atoms with van der Waals surface area (Å²) < 4.78 is 10.3. The summed E-state index contributed by atoms with van der Waals surface area (Å²) in [5, 5.41) is 0. The Labute approximate surface area is 105 Å². The Bertz CT molecular complexity index is 528. The fourth-order valence-corrected chi connectivity index (χ4v) is 1.46. The number of ether oxygens (including phenoxy) is 2. The number of methoxy groups -OCH3 is 1. The number of hydrogen-bond acceptors (Lipinski definition) is 6. The topological polar surface area (TPSA) is 83.2 Å². The fourth-order valence-electron chi connectivity index (χ4n) is 1.46. The molecule has 0 aliphatic carbocycles. The zero-order chi connectivity index (χ0) is 13.0. The van der Waals surface area contributed by atoms with E-state index in [4.69, 9.17) is 15.2 Å². The van der Waals surface area contributed by atoms with E-state index in [1.54, 1.807) is 0 Å². The van der Waals surface area contributed by atoms with E-state index in [0.29, 0.717) is 12.4 Å². The first-order chi connectivity index (χ1) is 8.72.